The van der Waals surface area contributed by atoms with E-state index in [1.54, 1.807) is 0 Å². The molecule has 0 spiro atoms. The van der Waals surface area contributed by atoms with Crippen molar-refractivity contribution in [2.24, 2.45) is 0 Å². The van der Waals surface area contributed by atoms with Crippen LogP contribution in [0.2, 0.25) is 0 Å². The Kier molecular flexibility index (Phi) is 4.19. The first-order valence-corrected chi connectivity index (χ1v) is 4.86. The third-order valence-corrected chi connectivity index (χ3v) is 1.86. The quantitative estimate of drug-likeness (QED) is 0.593. The van der Waals surface area contributed by atoms with Crippen LogP contribution in [0.5, 0.6) is 0 Å². The Labute approximate surface area is 92.5 Å². The second-order valence-corrected chi connectivity index (χ2v) is 3.15. The van der Waals surface area contributed by atoms with E-state index in [4.69, 9.17) is 5.11 Å². The van der Waals surface area contributed by atoms with Gasteiger partial charge in [0, 0.05) is 11.1 Å². The number of thiol groups is 1. The van der Waals surface area contributed by atoms with Crippen molar-refractivity contribution in [2.45, 2.75) is 6.42 Å². The molecule has 1 aromatic rings. The largest absolute Gasteiger partial charge is 0.481 e. The Bertz CT molecular complexity index is 432. The molecule has 0 aliphatic carbocycles. The molecule has 15 heavy (non-hydrogen) atoms. The Morgan fingerprint density at radius 1 is 1.53 bits per heavy atom. The molecule has 0 radical (unpaired) electrons. The van der Waals surface area contributed by atoms with Crippen molar-refractivity contribution < 1.29 is 14.3 Å². The number of hydrogen-bond acceptors (Lipinski definition) is 2. The van der Waals surface area contributed by atoms with Gasteiger partial charge in [0.1, 0.15) is 5.82 Å². The highest BCUT2D eigenvalue weighted by Gasteiger charge is 2.06. The third kappa shape index (κ3) is 3.64. The van der Waals surface area contributed by atoms with Crippen molar-refractivity contribution in [2.75, 3.05) is 5.75 Å². The first kappa shape index (κ1) is 11.6. The van der Waals surface area contributed by atoms with E-state index in [0.717, 1.165) is 0 Å². The zero-order valence-corrected chi connectivity index (χ0v) is 8.72. The molecule has 0 heterocycles. The molecule has 0 aliphatic rings. The maximum Gasteiger partial charge on any atom is 0.307 e. The fourth-order valence-electron chi connectivity index (χ4n) is 1.09. The minimum absolute atomic E-state index is 0.147. The van der Waals surface area contributed by atoms with Gasteiger partial charge >= 0.3 is 5.97 Å². The predicted octanol–water partition coefficient (Wildman–Crippen LogP) is 1.73. The van der Waals surface area contributed by atoms with Crippen LogP contribution >= 0.6 is 12.6 Å². The van der Waals surface area contributed by atoms with Crippen LogP contribution in [-0.4, -0.2) is 16.8 Å². The molecule has 0 aromatic heterocycles. The second-order valence-electron chi connectivity index (χ2n) is 2.84. The summed E-state index contributed by atoms with van der Waals surface area (Å²) < 4.78 is 13.1. The summed E-state index contributed by atoms with van der Waals surface area (Å²) >= 11 is 3.91. The van der Waals surface area contributed by atoms with Gasteiger partial charge in [0.2, 0.25) is 0 Å². The molecule has 78 valence electrons. The lowest BCUT2D eigenvalue weighted by Gasteiger charge is -2.00. The lowest BCUT2D eigenvalue weighted by Crippen LogP contribution is -2.02. The van der Waals surface area contributed by atoms with Gasteiger partial charge in [-0.05, 0) is 18.2 Å². The van der Waals surface area contributed by atoms with Gasteiger partial charge in [-0.25, -0.2) is 4.39 Å². The molecule has 0 atom stereocenters. The van der Waals surface area contributed by atoms with Crippen LogP contribution in [0.3, 0.4) is 0 Å². The molecule has 0 aliphatic heterocycles. The lowest BCUT2D eigenvalue weighted by atomic mass is 10.1. The van der Waals surface area contributed by atoms with Crippen molar-refractivity contribution in [3.63, 3.8) is 0 Å². The van der Waals surface area contributed by atoms with Gasteiger partial charge in [-0.3, -0.25) is 4.79 Å². The van der Waals surface area contributed by atoms with Crippen LogP contribution < -0.4 is 0 Å². The van der Waals surface area contributed by atoms with Crippen LogP contribution in [0.25, 0.3) is 0 Å². The van der Waals surface area contributed by atoms with E-state index in [0.29, 0.717) is 11.3 Å². The van der Waals surface area contributed by atoms with Crippen LogP contribution in [0.15, 0.2) is 18.2 Å². The van der Waals surface area contributed by atoms with E-state index in [-0.39, 0.29) is 12.0 Å². The summed E-state index contributed by atoms with van der Waals surface area (Å²) in [6, 6.07) is 4.18. The van der Waals surface area contributed by atoms with Crippen molar-refractivity contribution >= 4 is 18.6 Å². The Morgan fingerprint density at radius 3 is 2.87 bits per heavy atom. The van der Waals surface area contributed by atoms with E-state index >= 15 is 0 Å². The molecule has 1 rings (SSSR count). The van der Waals surface area contributed by atoms with Gasteiger partial charge in [-0.15, -0.1) is 0 Å². The summed E-state index contributed by atoms with van der Waals surface area (Å²) in [5, 5.41) is 8.54. The van der Waals surface area contributed by atoms with Crippen LogP contribution in [-0.2, 0) is 11.2 Å². The standard InChI is InChI=1S/C11H9FO2S/c12-10-4-3-8(2-1-5-15)6-9(10)7-11(13)14/h3-4,6,15H,5,7H2,(H,13,14). The SMILES string of the molecule is O=C(O)Cc1cc(C#CCS)ccc1F. The highest BCUT2D eigenvalue weighted by molar-refractivity contribution is 7.80. The first-order chi connectivity index (χ1) is 7.13. The minimum atomic E-state index is -1.06. The van der Waals surface area contributed by atoms with Crippen molar-refractivity contribution in [3.05, 3.63) is 35.1 Å². The normalized spacial score (nSPS) is 9.20. The zero-order valence-electron chi connectivity index (χ0n) is 7.83. The lowest BCUT2D eigenvalue weighted by molar-refractivity contribution is -0.136. The fraction of sp³-hybridized carbons (Fsp3) is 0.182. The number of carbonyl (C=O) groups is 1. The molecule has 2 nitrogen and oxygen atoms in total. The summed E-state index contributed by atoms with van der Waals surface area (Å²) in [4.78, 5) is 10.4. The maximum absolute atomic E-state index is 13.1. The summed E-state index contributed by atoms with van der Waals surface area (Å²) in [5.74, 6) is 4.28. The van der Waals surface area contributed by atoms with Crippen molar-refractivity contribution in [3.8, 4) is 11.8 Å². The molecule has 0 amide bonds. The molecular formula is C11H9FO2S. The van der Waals surface area contributed by atoms with Gasteiger partial charge in [0.25, 0.3) is 0 Å². The van der Waals surface area contributed by atoms with E-state index in [2.05, 4.69) is 24.5 Å². The monoisotopic (exact) mass is 224 g/mol. The van der Waals surface area contributed by atoms with Gasteiger partial charge in [0.15, 0.2) is 0 Å². The molecule has 0 bridgehead atoms. The highest BCUT2D eigenvalue weighted by Crippen LogP contribution is 2.10. The number of halogens is 1. The molecule has 0 unspecified atom stereocenters. The van der Waals surface area contributed by atoms with E-state index in [9.17, 15) is 9.18 Å². The minimum Gasteiger partial charge on any atom is -0.481 e. The van der Waals surface area contributed by atoms with E-state index in [1.165, 1.54) is 18.2 Å². The van der Waals surface area contributed by atoms with E-state index in [1.807, 2.05) is 0 Å². The molecule has 0 saturated heterocycles. The number of benzene rings is 1. The van der Waals surface area contributed by atoms with Gasteiger partial charge in [-0.2, -0.15) is 12.6 Å². The smallest absolute Gasteiger partial charge is 0.307 e. The molecule has 4 heteroatoms. The highest BCUT2D eigenvalue weighted by atomic mass is 32.1. The number of rotatable bonds is 2. The molecule has 1 aromatic carbocycles. The Balaban J connectivity index is 2.99. The van der Waals surface area contributed by atoms with Gasteiger partial charge < -0.3 is 5.11 Å². The third-order valence-electron chi connectivity index (χ3n) is 1.70. The summed E-state index contributed by atoms with van der Waals surface area (Å²) in [5.41, 5.74) is 0.746. The van der Waals surface area contributed by atoms with Gasteiger partial charge in [0.05, 0.1) is 12.2 Å². The Morgan fingerprint density at radius 2 is 2.27 bits per heavy atom. The summed E-state index contributed by atoms with van der Waals surface area (Å²) in [6.45, 7) is 0. The van der Waals surface area contributed by atoms with Crippen molar-refractivity contribution in [1.82, 2.24) is 0 Å². The van der Waals surface area contributed by atoms with Crippen LogP contribution in [0.4, 0.5) is 4.39 Å². The average Bonchev–Trinajstić information content (AvgIpc) is 2.18. The van der Waals surface area contributed by atoms with Crippen LogP contribution in [0.1, 0.15) is 11.1 Å². The first-order valence-electron chi connectivity index (χ1n) is 4.23. The molecule has 0 fully saturated rings. The summed E-state index contributed by atoms with van der Waals surface area (Å²) in [7, 11) is 0. The fourth-order valence-corrected chi connectivity index (χ4v) is 1.17. The maximum atomic E-state index is 13.1. The predicted molar refractivity (Wildman–Crippen MR) is 58.5 cm³/mol. The number of aliphatic carboxylic acids is 1. The van der Waals surface area contributed by atoms with Crippen LogP contribution in [0, 0.1) is 17.7 Å². The molecule has 1 N–H and O–H groups in total. The molecular weight excluding hydrogens is 215 g/mol. The van der Waals surface area contributed by atoms with Gasteiger partial charge in [-0.1, -0.05) is 11.8 Å². The zero-order chi connectivity index (χ0) is 11.3. The number of carboxylic acid groups (broad SMARTS) is 1. The second kappa shape index (κ2) is 5.42. The number of carboxylic acids is 1. The molecule has 0 saturated carbocycles. The van der Waals surface area contributed by atoms with Crippen molar-refractivity contribution in [1.29, 1.82) is 0 Å². The van der Waals surface area contributed by atoms with E-state index < -0.39 is 11.8 Å². The number of hydrogen-bond donors (Lipinski definition) is 2. The summed E-state index contributed by atoms with van der Waals surface area (Å²) in [6.07, 6.45) is -0.331. The average molecular weight is 224 g/mol. The topological polar surface area (TPSA) is 37.3 Å². The Hall–Kier alpha value is -1.47.